The summed E-state index contributed by atoms with van der Waals surface area (Å²) in [5.74, 6) is 1.57. The highest BCUT2D eigenvalue weighted by atomic mass is 32.2. The van der Waals surface area contributed by atoms with E-state index in [0.29, 0.717) is 34.5 Å². The lowest BCUT2D eigenvalue weighted by Crippen LogP contribution is -2.35. The number of carbonyl (C=O) groups is 1. The maximum atomic E-state index is 12.8. The lowest BCUT2D eigenvalue weighted by atomic mass is 10.2. The number of nitrogens with zero attached hydrogens (tertiary/aromatic N) is 5. The Labute approximate surface area is 173 Å². The molecule has 0 unspecified atom stereocenters. The van der Waals surface area contributed by atoms with Gasteiger partial charge < -0.3 is 4.90 Å². The minimum Gasteiger partial charge on any atom is -0.342 e. The van der Waals surface area contributed by atoms with Crippen molar-refractivity contribution in [2.24, 2.45) is 5.92 Å². The highest BCUT2D eigenvalue weighted by molar-refractivity contribution is 7.99. The lowest BCUT2D eigenvalue weighted by molar-refractivity contribution is -0.128. The maximum Gasteiger partial charge on any atom is 0.263 e. The molecule has 0 N–H and O–H groups in total. The van der Waals surface area contributed by atoms with Gasteiger partial charge >= 0.3 is 0 Å². The van der Waals surface area contributed by atoms with Gasteiger partial charge in [-0.15, -0.1) is 16.8 Å². The number of rotatable bonds is 9. The van der Waals surface area contributed by atoms with Crippen LogP contribution in [-0.2, 0) is 11.3 Å². The van der Waals surface area contributed by atoms with Gasteiger partial charge in [-0.25, -0.2) is 0 Å². The number of amides is 1. The van der Waals surface area contributed by atoms with Crippen molar-refractivity contribution in [2.45, 2.75) is 37.9 Å². The van der Waals surface area contributed by atoms with Gasteiger partial charge in [0.2, 0.25) is 11.7 Å². The van der Waals surface area contributed by atoms with Crippen molar-refractivity contribution in [3.8, 4) is 0 Å². The number of benzene rings is 1. The van der Waals surface area contributed by atoms with Crippen molar-refractivity contribution < 1.29 is 4.79 Å². The van der Waals surface area contributed by atoms with E-state index in [-0.39, 0.29) is 11.5 Å². The van der Waals surface area contributed by atoms with Gasteiger partial charge in [0.05, 0.1) is 16.7 Å². The summed E-state index contributed by atoms with van der Waals surface area (Å²) in [5.41, 5.74) is 0.628. The van der Waals surface area contributed by atoms with Gasteiger partial charge in [-0.05, 0) is 37.3 Å². The summed E-state index contributed by atoms with van der Waals surface area (Å²) in [7, 11) is 0. The van der Waals surface area contributed by atoms with Gasteiger partial charge in [0.1, 0.15) is 0 Å². The number of allylic oxidation sites excluding steroid dienone is 1. The zero-order valence-corrected chi connectivity index (χ0v) is 17.4. The van der Waals surface area contributed by atoms with Gasteiger partial charge in [0.25, 0.3) is 5.56 Å². The molecule has 152 valence electrons. The molecule has 0 radical (unpaired) electrons. The number of fused-ring (bicyclic) bond motifs is 3. The van der Waals surface area contributed by atoms with Crippen LogP contribution in [0.15, 0.2) is 46.9 Å². The van der Waals surface area contributed by atoms with Crippen molar-refractivity contribution >= 4 is 34.3 Å². The van der Waals surface area contributed by atoms with E-state index in [1.54, 1.807) is 16.7 Å². The molecule has 1 aliphatic carbocycles. The van der Waals surface area contributed by atoms with E-state index in [2.05, 4.69) is 23.7 Å². The third-order valence-corrected chi connectivity index (χ3v) is 6.05. The van der Waals surface area contributed by atoms with Crippen LogP contribution >= 0.6 is 11.8 Å². The SMILES string of the molecule is C=CCn1c(=O)c2ccccc2n2c(SCC(=O)N(CCC)CC3CC3)nnc12. The molecule has 4 rings (SSSR count). The normalized spacial score (nSPS) is 13.8. The van der Waals surface area contributed by atoms with E-state index >= 15 is 0 Å². The summed E-state index contributed by atoms with van der Waals surface area (Å²) in [5, 5.41) is 9.75. The van der Waals surface area contributed by atoms with Crippen LogP contribution in [0.1, 0.15) is 26.2 Å². The minimum atomic E-state index is -0.119. The van der Waals surface area contributed by atoms with Crippen molar-refractivity contribution in [2.75, 3.05) is 18.8 Å². The summed E-state index contributed by atoms with van der Waals surface area (Å²) in [6, 6.07) is 7.41. The summed E-state index contributed by atoms with van der Waals surface area (Å²) < 4.78 is 3.42. The Hall–Kier alpha value is -2.61. The van der Waals surface area contributed by atoms with E-state index in [9.17, 15) is 9.59 Å². The first-order valence-electron chi connectivity index (χ1n) is 10.0. The molecule has 0 aliphatic heterocycles. The second-order valence-electron chi connectivity index (χ2n) is 7.41. The smallest absolute Gasteiger partial charge is 0.263 e. The number of para-hydroxylation sites is 1. The molecule has 3 aromatic rings. The van der Waals surface area contributed by atoms with E-state index in [1.165, 1.54) is 24.6 Å². The Kier molecular flexibility index (Phi) is 5.71. The Bertz CT molecular complexity index is 1120. The average Bonchev–Trinajstić information content (AvgIpc) is 3.45. The van der Waals surface area contributed by atoms with E-state index in [4.69, 9.17) is 0 Å². The largest absolute Gasteiger partial charge is 0.342 e. The molecule has 2 heterocycles. The van der Waals surface area contributed by atoms with Crippen LogP contribution in [0.4, 0.5) is 0 Å². The fourth-order valence-corrected chi connectivity index (χ4v) is 4.38. The number of thioether (sulfide) groups is 1. The van der Waals surface area contributed by atoms with E-state index in [1.807, 2.05) is 27.5 Å². The van der Waals surface area contributed by atoms with Gasteiger partial charge in [-0.2, -0.15) is 0 Å². The van der Waals surface area contributed by atoms with Crippen molar-refractivity contribution in [1.82, 2.24) is 24.1 Å². The maximum absolute atomic E-state index is 12.8. The molecule has 0 bridgehead atoms. The Balaban J connectivity index is 1.66. The van der Waals surface area contributed by atoms with E-state index < -0.39 is 0 Å². The first kappa shape index (κ1) is 19.7. The van der Waals surface area contributed by atoms with Crippen molar-refractivity contribution in [1.29, 1.82) is 0 Å². The monoisotopic (exact) mass is 411 g/mol. The molecule has 0 spiro atoms. The van der Waals surface area contributed by atoms with Gasteiger partial charge in [0, 0.05) is 19.6 Å². The van der Waals surface area contributed by atoms with Crippen LogP contribution in [0.25, 0.3) is 16.7 Å². The second-order valence-corrected chi connectivity index (χ2v) is 8.35. The summed E-state index contributed by atoms with van der Waals surface area (Å²) in [4.78, 5) is 27.6. The molecular formula is C21H25N5O2S. The standard InChI is InChI=1S/C21H25N5O2S/c1-3-11-24(13-15-9-10-15)18(27)14-29-21-23-22-20-25(12-4-2)19(28)16-7-5-6-8-17(16)26(20)21/h4-8,15H,2-3,9-14H2,1H3. The fourth-order valence-electron chi connectivity index (χ4n) is 3.54. The number of hydrogen-bond acceptors (Lipinski definition) is 5. The molecule has 8 heteroatoms. The van der Waals surface area contributed by atoms with Crippen LogP contribution < -0.4 is 5.56 Å². The Morgan fingerprint density at radius 2 is 2.14 bits per heavy atom. The van der Waals surface area contributed by atoms with Gasteiger partial charge in [0.15, 0.2) is 5.16 Å². The van der Waals surface area contributed by atoms with Gasteiger partial charge in [-0.1, -0.05) is 36.9 Å². The fraction of sp³-hybridized carbons (Fsp3) is 0.429. The highest BCUT2D eigenvalue weighted by Crippen LogP contribution is 2.30. The molecule has 0 saturated heterocycles. The van der Waals surface area contributed by atoms with E-state index in [0.717, 1.165) is 25.0 Å². The molecule has 7 nitrogen and oxygen atoms in total. The Morgan fingerprint density at radius 3 is 2.86 bits per heavy atom. The van der Waals surface area contributed by atoms with Crippen molar-refractivity contribution in [3.63, 3.8) is 0 Å². The first-order valence-corrected chi connectivity index (χ1v) is 11.0. The summed E-state index contributed by atoms with van der Waals surface area (Å²) in [6.07, 6.45) is 5.07. The third-order valence-electron chi connectivity index (χ3n) is 5.14. The zero-order valence-electron chi connectivity index (χ0n) is 16.6. The zero-order chi connectivity index (χ0) is 20.4. The third kappa shape index (κ3) is 3.94. The molecule has 1 amide bonds. The molecule has 2 aromatic heterocycles. The number of hydrogen-bond donors (Lipinski definition) is 0. The average molecular weight is 412 g/mol. The summed E-state index contributed by atoms with van der Waals surface area (Å²) >= 11 is 1.37. The molecule has 1 aromatic carbocycles. The molecule has 1 aliphatic rings. The molecular weight excluding hydrogens is 386 g/mol. The first-order chi connectivity index (χ1) is 14.1. The number of carbonyl (C=O) groups excluding carboxylic acids is 1. The van der Waals surface area contributed by atoms with Crippen LogP contribution in [0.3, 0.4) is 0 Å². The predicted molar refractivity (Wildman–Crippen MR) is 115 cm³/mol. The van der Waals surface area contributed by atoms with Crippen LogP contribution in [0, 0.1) is 5.92 Å². The second kappa shape index (κ2) is 8.41. The van der Waals surface area contributed by atoms with Crippen LogP contribution in [0.2, 0.25) is 0 Å². The quantitative estimate of drug-likeness (QED) is 0.400. The lowest BCUT2D eigenvalue weighted by Gasteiger charge is -2.21. The predicted octanol–water partition coefficient (Wildman–Crippen LogP) is 2.97. The molecule has 29 heavy (non-hydrogen) atoms. The summed E-state index contributed by atoms with van der Waals surface area (Å²) in [6.45, 7) is 7.83. The Morgan fingerprint density at radius 1 is 1.34 bits per heavy atom. The van der Waals surface area contributed by atoms with Crippen molar-refractivity contribution in [3.05, 3.63) is 47.3 Å². The molecule has 0 atom stereocenters. The molecule has 1 saturated carbocycles. The topological polar surface area (TPSA) is 72.5 Å². The van der Waals surface area contributed by atoms with Gasteiger partial charge in [-0.3, -0.25) is 18.6 Å². The number of aromatic nitrogens is 4. The van der Waals surface area contributed by atoms with Crippen LogP contribution in [-0.4, -0.2) is 48.8 Å². The minimum absolute atomic E-state index is 0.119. The molecule has 1 fully saturated rings. The highest BCUT2D eigenvalue weighted by Gasteiger charge is 2.26. The van der Waals surface area contributed by atoms with Crippen LogP contribution in [0.5, 0.6) is 0 Å².